The Labute approximate surface area is 77.9 Å². The van der Waals surface area contributed by atoms with Crippen LogP contribution in [0.25, 0.3) is 0 Å². The van der Waals surface area contributed by atoms with Crippen molar-refractivity contribution in [3.63, 3.8) is 0 Å². The standard InChI is InChI=1S/C8H16N4O/c1-4-12(3)8-10-7(13-11-8)5-6(2)9/h6H,4-5,9H2,1-3H3. The Hall–Kier alpha value is -1.10. The summed E-state index contributed by atoms with van der Waals surface area (Å²) in [7, 11) is 1.92. The molecule has 1 unspecified atom stereocenters. The van der Waals surface area contributed by atoms with E-state index in [1.165, 1.54) is 0 Å². The first kappa shape index (κ1) is 9.98. The highest BCUT2D eigenvalue weighted by atomic mass is 16.5. The molecule has 0 radical (unpaired) electrons. The molecule has 1 aromatic heterocycles. The quantitative estimate of drug-likeness (QED) is 0.734. The van der Waals surface area contributed by atoms with Gasteiger partial charge in [-0.1, -0.05) is 0 Å². The van der Waals surface area contributed by atoms with Gasteiger partial charge in [0.1, 0.15) is 0 Å². The molecule has 0 spiro atoms. The molecule has 0 saturated carbocycles. The average molecular weight is 184 g/mol. The van der Waals surface area contributed by atoms with Crippen LogP contribution in [0, 0.1) is 0 Å². The predicted octanol–water partition coefficient (Wildman–Crippen LogP) is 0.415. The minimum Gasteiger partial charge on any atom is -0.342 e. The molecule has 13 heavy (non-hydrogen) atoms. The molecule has 1 rings (SSSR count). The molecule has 74 valence electrons. The molecular weight excluding hydrogens is 168 g/mol. The molecule has 1 heterocycles. The van der Waals surface area contributed by atoms with E-state index >= 15 is 0 Å². The second kappa shape index (κ2) is 4.23. The maximum atomic E-state index is 5.60. The Morgan fingerprint density at radius 3 is 2.85 bits per heavy atom. The van der Waals surface area contributed by atoms with Gasteiger partial charge in [-0.25, -0.2) is 0 Å². The van der Waals surface area contributed by atoms with Crippen molar-refractivity contribution in [3.05, 3.63) is 5.89 Å². The van der Waals surface area contributed by atoms with Crippen molar-refractivity contribution < 1.29 is 4.52 Å². The van der Waals surface area contributed by atoms with Gasteiger partial charge in [0.25, 0.3) is 5.95 Å². The fourth-order valence-corrected chi connectivity index (χ4v) is 0.901. The van der Waals surface area contributed by atoms with Crippen LogP contribution in [0.4, 0.5) is 5.95 Å². The van der Waals surface area contributed by atoms with Gasteiger partial charge >= 0.3 is 0 Å². The van der Waals surface area contributed by atoms with Crippen LogP contribution in [0.2, 0.25) is 0 Å². The monoisotopic (exact) mass is 184 g/mol. The molecule has 0 saturated heterocycles. The molecule has 5 nitrogen and oxygen atoms in total. The van der Waals surface area contributed by atoms with E-state index in [0.29, 0.717) is 18.3 Å². The van der Waals surface area contributed by atoms with E-state index in [1.807, 2.05) is 25.8 Å². The second-order valence-electron chi connectivity index (χ2n) is 3.18. The van der Waals surface area contributed by atoms with Gasteiger partial charge in [-0.3, -0.25) is 0 Å². The number of hydrogen-bond acceptors (Lipinski definition) is 5. The number of nitrogens with zero attached hydrogens (tertiary/aromatic N) is 3. The van der Waals surface area contributed by atoms with Gasteiger partial charge in [0, 0.05) is 26.1 Å². The van der Waals surface area contributed by atoms with Gasteiger partial charge in [-0.2, -0.15) is 4.98 Å². The fourth-order valence-electron chi connectivity index (χ4n) is 0.901. The van der Waals surface area contributed by atoms with Crippen LogP contribution >= 0.6 is 0 Å². The van der Waals surface area contributed by atoms with Crippen molar-refractivity contribution >= 4 is 5.95 Å². The van der Waals surface area contributed by atoms with E-state index in [1.54, 1.807) is 0 Å². The van der Waals surface area contributed by atoms with Crippen LogP contribution in [-0.4, -0.2) is 29.8 Å². The van der Waals surface area contributed by atoms with Gasteiger partial charge in [0.2, 0.25) is 5.89 Å². The first-order valence-corrected chi connectivity index (χ1v) is 4.42. The van der Waals surface area contributed by atoms with E-state index in [4.69, 9.17) is 10.3 Å². The highest BCUT2D eigenvalue weighted by Gasteiger charge is 2.10. The number of aromatic nitrogens is 2. The maximum Gasteiger partial charge on any atom is 0.265 e. The average Bonchev–Trinajstić information content (AvgIpc) is 2.50. The smallest absolute Gasteiger partial charge is 0.265 e. The number of rotatable bonds is 4. The highest BCUT2D eigenvalue weighted by molar-refractivity contribution is 5.25. The third-order valence-corrected chi connectivity index (χ3v) is 1.77. The molecule has 0 bridgehead atoms. The number of hydrogen-bond donors (Lipinski definition) is 1. The normalized spacial score (nSPS) is 12.9. The minimum atomic E-state index is 0.0558. The van der Waals surface area contributed by atoms with Crippen molar-refractivity contribution in [2.24, 2.45) is 5.73 Å². The second-order valence-corrected chi connectivity index (χ2v) is 3.18. The lowest BCUT2D eigenvalue weighted by atomic mass is 10.2. The Bertz CT molecular complexity index is 258. The number of nitrogens with two attached hydrogens (primary N) is 1. The Morgan fingerprint density at radius 1 is 1.62 bits per heavy atom. The van der Waals surface area contributed by atoms with Crippen molar-refractivity contribution in [1.29, 1.82) is 0 Å². The van der Waals surface area contributed by atoms with Gasteiger partial charge in [0.15, 0.2) is 0 Å². The Kier molecular flexibility index (Phi) is 3.25. The zero-order valence-electron chi connectivity index (χ0n) is 8.32. The minimum absolute atomic E-state index is 0.0558. The van der Waals surface area contributed by atoms with Crippen LogP contribution in [0.3, 0.4) is 0 Å². The molecular formula is C8H16N4O. The van der Waals surface area contributed by atoms with Gasteiger partial charge in [-0.05, 0) is 19.0 Å². The van der Waals surface area contributed by atoms with E-state index in [9.17, 15) is 0 Å². The van der Waals surface area contributed by atoms with E-state index in [2.05, 4.69) is 10.1 Å². The summed E-state index contributed by atoms with van der Waals surface area (Å²) >= 11 is 0. The van der Waals surface area contributed by atoms with Crippen molar-refractivity contribution in [1.82, 2.24) is 10.1 Å². The molecule has 0 aliphatic rings. The molecule has 5 heteroatoms. The third-order valence-electron chi connectivity index (χ3n) is 1.77. The summed E-state index contributed by atoms with van der Waals surface area (Å²) in [5.41, 5.74) is 5.60. The lowest BCUT2D eigenvalue weighted by molar-refractivity contribution is 0.371. The Morgan fingerprint density at radius 2 is 2.31 bits per heavy atom. The lowest BCUT2D eigenvalue weighted by Crippen LogP contribution is -2.19. The van der Waals surface area contributed by atoms with Gasteiger partial charge < -0.3 is 15.2 Å². The third kappa shape index (κ3) is 2.69. The zero-order chi connectivity index (χ0) is 9.84. The zero-order valence-corrected chi connectivity index (χ0v) is 8.32. The molecule has 1 aromatic rings. The highest BCUT2D eigenvalue weighted by Crippen LogP contribution is 2.07. The molecule has 0 fully saturated rings. The van der Waals surface area contributed by atoms with Gasteiger partial charge in [-0.15, -0.1) is 0 Å². The summed E-state index contributed by atoms with van der Waals surface area (Å²) in [5.74, 6) is 1.23. The molecule has 2 N–H and O–H groups in total. The van der Waals surface area contributed by atoms with Crippen LogP contribution < -0.4 is 10.6 Å². The summed E-state index contributed by atoms with van der Waals surface area (Å²) in [4.78, 5) is 6.10. The first-order valence-electron chi connectivity index (χ1n) is 4.42. The molecule has 1 atom stereocenters. The molecule has 0 amide bonds. The van der Waals surface area contributed by atoms with E-state index < -0.39 is 0 Å². The molecule has 0 aromatic carbocycles. The molecule has 0 aliphatic carbocycles. The summed E-state index contributed by atoms with van der Waals surface area (Å²) < 4.78 is 5.02. The Balaban J connectivity index is 2.63. The van der Waals surface area contributed by atoms with Crippen molar-refractivity contribution in [2.75, 3.05) is 18.5 Å². The van der Waals surface area contributed by atoms with Crippen molar-refractivity contribution in [3.8, 4) is 0 Å². The lowest BCUT2D eigenvalue weighted by Gasteiger charge is -2.08. The van der Waals surface area contributed by atoms with E-state index in [0.717, 1.165) is 6.54 Å². The largest absolute Gasteiger partial charge is 0.342 e. The number of anilines is 1. The summed E-state index contributed by atoms with van der Waals surface area (Å²) in [6.07, 6.45) is 0.630. The van der Waals surface area contributed by atoms with E-state index in [-0.39, 0.29) is 6.04 Å². The summed E-state index contributed by atoms with van der Waals surface area (Å²) in [6.45, 7) is 4.80. The maximum absolute atomic E-state index is 5.60. The first-order chi connectivity index (χ1) is 6.13. The van der Waals surface area contributed by atoms with Crippen LogP contribution in [0.15, 0.2) is 4.52 Å². The van der Waals surface area contributed by atoms with Crippen LogP contribution in [0.1, 0.15) is 19.7 Å². The summed E-state index contributed by atoms with van der Waals surface area (Å²) in [6, 6.07) is 0.0558. The van der Waals surface area contributed by atoms with Gasteiger partial charge in [0.05, 0.1) is 0 Å². The topological polar surface area (TPSA) is 68.2 Å². The van der Waals surface area contributed by atoms with Crippen LogP contribution in [-0.2, 0) is 6.42 Å². The van der Waals surface area contributed by atoms with Crippen molar-refractivity contribution in [2.45, 2.75) is 26.3 Å². The summed E-state index contributed by atoms with van der Waals surface area (Å²) in [5, 5.41) is 3.82. The molecule has 0 aliphatic heterocycles. The fraction of sp³-hybridized carbons (Fsp3) is 0.750. The SMILES string of the molecule is CCN(C)c1noc(CC(C)N)n1. The predicted molar refractivity (Wildman–Crippen MR) is 50.6 cm³/mol. The van der Waals surface area contributed by atoms with Crippen LogP contribution in [0.5, 0.6) is 0 Å².